The molecule has 0 unspecified atom stereocenters. The summed E-state index contributed by atoms with van der Waals surface area (Å²) in [5.41, 5.74) is 3.65. The van der Waals surface area contributed by atoms with Gasteiger partial charge in [0.15, 0.2) is 0 Å². The quantitative estimate of drug-likeness (QED) is 0.399. The number of nitrogens with one attached hydrogen (secondary N) is 1. The van der Waals surface area contributed by atoms with Gasteiger partial charge in [0, 0.05) is 43.3 Å². The molecule has 1 aliphatic rings. The maximum atomic E-state index is 13.7. The largest absolute Gasteiger partial charge is 0.379 e. The molecule has 3 aromatic rings. The molecule has 0 saturated carbocycles. The zero-order valence-corrected chi connectivity index (χ0v) is 22.8. The first kappa shape index (κ1) is 27.8. The normalized spacial score (nSPS) is 13.8. The SMILES string of the molecule is Cc1cccc(NC(=O)N(CCN2CCOCC2)CC(=O)N(Cc2ccc(F)cc2)Cc2cccs2)c1C. The van der Waals surface area contributed by atoms with E-state index in [2.05, 4.69) is 10.2 Å². The smallest absolute Gasteiger partial charge is 0.322 e. The molecule has 0 bridgehead atoms. The first-order valence-corrected chi connectivity index (χ1v) is 13.7. The fraction of sp³-hybridized carbons (Fsp3) is 0.379. The molecule has 1 saturated heterocycles. The van der Waals surface area contributed by atoms with Crippen molar-refractivity contribution in [1.29, 1.82) is 0 Å². The molecule has 1 aliphatic heterocycles. The lowest BCUT2D eigenvalue weighted by Crippen LogP contribution is -2.48. The summed E-state index contributed by atoms with van der Waals surface area (Å²) in [6.07, 6.45) is 0. The van der Waals surface area contributed by atoms with E-state index in [1.54, 1.807) is 33.3 Å². The fourth-order valence-corrected chi connectivity index (χ4v) is 5.04. The van der Waals surface area contributed by atoms with Crippen LogP contribution in [-0.2, 0) is 22.6 Å². The third-order valence-electron chi connectivity index (χ3n) is 6.82. The zero-order valence-electron chi connectivity index (χ0n) is 22.0. The second kappa shape index (κ2) is 13.5. The zero-order chi connectivity index (χ0) is 26.9. The lowest BCUT2D eigenvalue weighted by molar-refractivity contribution is -0.133. The maximum Gasteiger partial charge on any atom is 0.322 e. The molecule has 0 spiro atoms. The van der Waals surface area contributed by atoms with E-state index in [1.165, 1.54) is 12.1 Å². The van der Waals surface area contributed by atoms with Gasteiger partial charge in [-0.05, 0) is 60.2 Å². The van der Waals surface area contributed by atoms with Crippen molar-refractivity contribution >= 4 is 29.0 Å². The van der Waals surface area contributed by atoms with Crippen LogP contribution in [0.2, 0.25) is 0 Å². The number of carbonyl (C=O) groups excluding carboxylic acids is 2. The summed E-state index contributed by atoms with van der Waals surface area (Å²) >= 11 is 1.58. The van der Waals surface area contributed by atoms with Crippen LogP contribution >= 0.6 is 11.3 Å². The van der Waals surface area contributed by atoms with Gasteiger partial charge < -0.3 is 19.9 Å². The van der Waals surface area contributed by atoms with Crippen LogP contribution in [0.1, 0.15) is 21.6 Å². The predicted octanol–water partition coefficient (Wildman–Crippen LogP) is 4.90. The first-order chi connectivity index (χ1) is 18.4. The van der Waals surface area contributed by atoms with Gasteiger partial charge in [0.05, 0.1) is 19.8 Å². The summed E-state index contributed by atoms with van der Waals surface area (Å²) in [7, 11) is 0. The highest BCUT2D eigenvalue weighted by Crippen LogP contribution is 2.19. The average molecular weight is 539 g/mol. The Morgan fingerprint density at radius 3 is 2.47 bits per heavy atom. The number of morpholine rings is 1. The lowest BCUT2D eigenvalue weighted by atomic mass is 10.1. The second-order valence-corrected chi connectivity index (χ2v) is 10.5. The van der Waals surface area contributed by atoms with Gasteiger partial charge in [-0.15, -0.1) is 11.3 Å². The van der Waals surface area contributed by atoms with Crippen molar-refractivity contribution in [3.63, 3.8) is 0 Å². The van der Waals surface area contributed by atoms with Crippen LogP contribution in [0.25, 0.3) is 0 Å². The molecule has 0 aliphatic carbocycles. The summed E-state index contributed by atoms with van der Waals surface area (Å²) in [5.74, 6) is -0.483. The van der Waals surface area contributed by atoms with Crippen LogP contribution in [0.4, 0.5) is 14.9 Å². The first-order valence-electron chi connectivity index (χ1n) is 12.9. The van der Waals surface area contributed by atoms with Gasteiger partial charge in [-0.25, -0.2) is 9.18 Å². The van der Waals surface area contributed by atoms with Crippen molar-refractivity contribution < 1.29 is 18.7 Å². The monoisotopic (exact) mass is 538 g/mol. The van der Waals surface area contributed by atoms with E-state index in [9.17, 15) is 14.0 Å². The topological polar surface area (TPSA) is 65.1 Å². The Bertz CT molecular complexity index is 1200. The van der Waals surface area contributed by atoms with Gasteiger partial charge in [-0.1, -0.05) is 30.3 Å². The number of urea groups is 1. The molecule has 3 amide bonds. The lowest BCUT2D eigenvalue weighted by Gasteiger charge is -2.31. The second-order valence-electron chi connectivity index (χ2n) is 9.51. The summed E-state index contributed by atoms with van der Waals surface area (Å²) < 4.78 is 18.9. The van der Waals surface area contributed by atoms with E-state index in [0.717, 1.165) is 40.3 Å². The predicted molar refractivity (Wildman–Crippen MR) is 149 cm³/mol. The summed E-state index contributed by atoms with van der Waals surface area (Å²) in [6.45, 7) is 8.66. The molecule has 0 atom stereocenters. The fourth-order valence-electron chi connectivity index (χ4n) is 4.32. The number of halogens is 1. The molecule has 2 aromatic carbocycles. The van der Waals surface area contributed by atoms with Crippen molar-refractivity contribution in [1.82, 2.24) is 14.7 Å². The number of hydrogen-bond acceptors (Lipinski definition) is 5. The van der Waals surface area contributed by atoms with Crippen LogP contribution in [-0.4, -0.2) is 72.6 Å². The van der Waals surface area contributed by atoms with Crippen LogP contribution < -0.4 is 5.32 Å². The molecule has 2 heterocycles. The highest BCUT2D eigenvalue weighted by molar-refractivity contribution is 7.09. The molecule has 1 N–H and O–H groups in total. The highest BCUT2D eigenvalue weighted by atomic mass is 32.1. The van der Waals surface area contributed by atoms with Crippen LogP contribution in [0.3, 0.4) is 0 Å². The van der Waals surface area contributed by atoms with Gasteiger partial charge in [0.1, 0.15) is 12.4 Å². The number of rotatable bonds is 10. The van der Waals surface area contributed by atoms with Gasteiger partial charge in [-0.3, -0.25) is 9.69 Å². The molecule has 7 nitrogen and oxygen atoms in total. The number of hydrogen-bond donors (Lipinski definition) is 1. The van der Waals surface area contributed by atoms with Gasteiger partial charge >= 0.3 is 6.03 Å². The van der Waals surface area contributed by atoms with Crippen LogP contribution in [0.5, 0.6) is 0 Å². The van der Waals surface area contributed by atoms with Crippen molar-refractivity contribution in [3.05, 3.63) is 87.4 Å². The molecule has 38 heavy (non-hydrogen) atoms. The van der Waals surface area contributed by atoms with Gasteiger partial charge in [0.25, 0.3) is 0 Å². The number of ether oxygens (including phenoxy) is 1. The van der Waals surface area contributed by atoms with Crippen molar-refractivity contribution in [2.45, 2.75) is 26.9 Å². The Morgan fingerprint density at radius 1 is 1.00 bits per heavy atom. The Kier molecular flexibility index (Phi) is 9.86. The third kappa shape index (κ3) is 7.86. The van der Waals surface area contributed by atoms with E-state index in [-0.39, 0.29) is 24.3 Å². The minimum Gasteiger partial charge on any atom is -0.379 e. The van der Waals surface area contributed by atoms with E-state index in [0.29, 0.717) is 39.4 Å². The minimum atomic E-state index is -0.317. The number of amides is 3. The van der Waals surface area contributed by atoms with Crippen LogP contribution in [0, 0.1) is 19.7 Å². The molecule has 1 aromatic heterocycles. The summed E-state index contributed by atoms with van der Waals surface area (Å²) in [6, 6.07) is 15.6. The highest BCUT2D eigenvalue weighted by Gasteiger charge is 2.24. The number of nitrogens with zero attached hydrogens (tertiary/aromatic N) is 3. The van der Waals surface area contributed by atoms with E-state index in [4.69, 9.17) is 4.74 Å². The minimum absolute atomic E-state index is 0.0619. The van der Waals surface area contributed by atoms with Gasteiger partial charge in [0.2, 0.25) is 5.91 Å². The summed E-state index contributed by atoms with van der Waals surface area (Å²) in [4.78, 5) is 33.8. The van der Waals surface area contributed by atoms with E-state index < -0.39 is 0 Å². The Labute approximate surface area is 227 Å². The number of aryl methyl sites for hydroxylation is 1. The number of anilines is 1. The van der Waals surface area contributed by atoms with Crippen molar-refractivity contribution in [3.8, 4) is 0 Å². The number of benzene rings is 2. The molecule has 1 fully saturated rings. The standard InChI is InChI=1S/C29H35FN4O3S/c1-22-5-3-7-27(23(22)2)31-29(36)33(13-12-32-14-16-37-17-15-32)21-28(35)34(20-26-6-4-18-38-26)19-24-8-10-25(30)11-9-24/h3-11,18H,12-17,19-21H2,1-2H3,(H,31,36). The summed E-state index contributed by atoms with van der Waals surface area (Å²) in [5, 5.41) is 4.99. The maximum absolute atomic E-state index is 13.7. The molecular weight excluding hydrogens is 503 g/mol. The molecular formula is C29H35FN4O3S. The number of carbonyl (C=O) groups is 2. The van der Waals surface area contributed by atoms with Crippen LogP contribution in [0.15, 0.2) is 60.0 Å². The van der Waals surface area contributed by atoms with Gasteiger partial charge in [-0.2, -0.15) is 0 Å². The molecule has 202 valence electrons. The average Bonchev–Trinajstić information content (AvgIpc) is 3.43. The molecule has 4 rings (SSSR count). The van der Waals surface area contributed by atoms with E-state index in [1.807, 2.05) is 49.6 Å². The Morgan fingerprint density at radius 2 is 1.76 bits per heavy atom. The molecule has 9 heteroatoms. The Balaban J connectivity index is 1.51. The van der Waals surface area contributed by atoms with E-state index >= 15 is 0 Å². The van der Waals surface area contributed by atoms with Crippen molar-refractivity contribution in [2.75, 3.05) is 51.3 Å². The Hall–Kier alpha value is -3.27. The number of thiophene rings is 1. The third-order valence-corrected chi connectivity index (χ3v) is 7.68. The van der Waals surface area contributed by atoms with Crippen molar-refractivity contribution in [2.24, 2.45) is 0 Å². The molecule has 0 radical (unpaired) electrons.